The van der Waals surface area contributed by atoms with Gasteiger partial charge in [-0.05, 0) is 61.9 Å². The monoisotopic (exact) mass is 362 g/mol. The van der Waals surface area contributed by atoms with Crippen LogP contribution in [0.15, 0.2) is 66.7 Å². The third-order valence-corrected chi connectivity index (χ3v) is 3.82. The second-order valence-electron chi connectivity index (χ2n) is 7.19. The minimum Gasteiger partial charge on any atom is -0.444 e. The third kappa shape index (κ3) is 4.85. The van der Waals surface area contributed by atoms with Crippen molar-refractivity contribution in [2.24, 2.45) is 0 Å². The Hall–Kier alpha value is -3.34. The van der Waals surface area contributed by atoms with Gasteiger partial charge in [0, 0.05) is 16.9 Å². The molecule has 0 spiro atoms. The summed E-state index contributed by atoms with van der Waals surface area (Å²) in [4.78, 5) is 24.4. The minimum absolute atomic E-state index is 0.181. The van der Waals surface area contributed by atoms with Crippen LogP contribution >= 0.6 is 0 Å². The van der Waals surface area contributed by atoms with Gasteiger partial charge in [-0.1, -0.05) is 36.4 Å². The summed E-state index contributed by atoms with van der Waals surface area (Å²) < 4.78 is 5.22. The van der Waals surface area contributed by atoms with Gasteiger partial charge in [-0.3, -0.25) is 10.1 Å². The highest BCUT2D eigenvalue weighted by atomic mass is 16.6. The number of fused-ring (bicyclic) bond motifs is 1. The summed E-state index contributed by atoms with van der Waals surface area (Å²) in [7, 11) is 0. The number of anilines is 2. The Kier molecular flexibility index (Phi) is 5.12. The number of rotatable bonds is 3. The molecule has 0 bridgehead atoms. The lowest BCUT2D eigenvalue weighted by molar-refractivity contribution is 0.0635. The van der Waals surface area contributed by atoms with Crippen LogP contribution in [-0.4, -0.2) is 17.6 Å². The van der Waals surface area contributed by atoms with E-state index in [0.717, 1.165) is 10.8 Å². The zero-order chi connectivity index (χ0) is 19.4. The van der Waals surface area contributed by atoms with E-state index in [-0.39, 0.29) is 5.91 Å². The van der Waals surface area contributed by atoms with Crippen molar-refractivity contribution in [3.05, 3.63) is 72.3 Å². The summed E-state index contributed by atoms with van der Waals surface area (Å²) >= 11 is 0. The number of hydrogen-bond donors (Lipinski definition) is 2. The summed E-state index contributed by atoms with van der Waals surface area (Å²) in [5.74, 6) is -0.181. The standard InChI is InChI=1S/C22H22N2O3/c1-22(2,3)27-21(26)24-17-13-11-16(12-14-17)23-20(25)19-10-6-8-15-7-4-5-9-18(15)19/h4-14H,1-3H3,(H,23,25)(H,24,26). The van der Waals surface area contributed by atoms with Crippen LogP contribution in [0.3, 0.4) is 0 Å². The molecule has 0 aliphatic heterocycles. The van der Waals surface area contributed by atoms with Gasteiger partial charge in [-0.25, -0.2) is 4.79 Å². The van der Waals surface area contributed by atoms with E-state index in [4.69, 9.17) is 4.74 Å². The molecule has 0 saturated carbocycles. The van der Waals surface area contributed by atoms with Crippen molar-refractivity contribution in [3.8, 4) is 0 Å². The highest BCUT2D eigenvalue weighted by Crippen LogP contribution is 2.21. The van der Waals surface area contributed by atoms with Gasteiger partial charge in [0.05, 0.1) is 0 Å². The van der Waals surface area contributed by atoms with Crippen molar-refractivity contribution in [2.45, 2.75) is 26.4 Å². The number of amides is 2. The van der Waals surface area contributed by atoms with Crippen LogP contribution in [0.2, 0.25) is 0 Å². The number of carbonyl (C=O) groups excluding carboxylic acids is 2. The number of hydrogen-bond acceptors (Lipinski definition) is 3. The molecule has 0 heterocycles. The van der Waals surface area contributed by atoms with Gasteiger partial charge >= 0.3 is 6.09 Å². The number of carbonyl (C=O) groups is 2. The molecule has 0 saturated heterocycles. The molecule has 5 heteroatoms. The van der Waals surface area contributed by atoms with Gasteiger partial charge in [-0.15, -0.1) is 0 Å². The van der Waals surface area contributed by atoms with Gasteiger partial charge < -0.3 is 10.1 Å². The van der Waals surface area contributed by atoms with E-state index in [1.165, 1.54) is 0 Å². The fourth-order valence-electron chi connectivity index (χ4n) is 2.68. The van der Waals surface area contributed by atoms with E-state index in [1.54, 1.807) is 51.1 Å². The van der Waals surface area contributed by atoms with Crippen LogP contribution in [0.4, 0.5) is 16.2 Å². The molecule has 138 valence electrons. The summed E-state index contributed by atoms with van der Waals surface area (Å²) in [6.07, 6.45) is -0.518. The molecule has 3 aromatic carbocycles. The quantitative estimate of drug-likeness (QED) is 0.652. The largest absolute Gasteiger partial charge is 0.444 e. The molecule has 27 heavy (non-hydrogen) atoms. The second kappa shape index (κ2) is 7.50. The minimum atomic E-state index is -0.559. The van der Waals surface area contributed by atoms with Crippen molar-refractivity contribution in [2.75, 3.05) is 10.6 Å². The molecule has 0 fully saturated rings. The van der Waals surface area contributed by atoms with E-state index in [9.17, 15) is 9.59 Å². The second-order valence-corrected chi connectivity index (χ2v) is 7.19. The van der Waals surface area contributed by atoms with Crippen molar-refractivity contribution in [1.82, 2.24) is 0 Å². The molecule has 0 atom stereocenters. The van der Waals surface area contributed by atoms with Gasteiger partial charge in [0.25, 0.3) is 5.91 Å². The van der Waals surface area contributed by atoms with E-state index < -0.39 is 11.7 Å². The van der Waals surface area contributed by atoms with E-state index in [2.05, 4.69) is 10.6 Å². The summed E-state index contributed by atoms with van der Waals surface area (Å²) in [6.45, 7) is 5.41. The highest BCUT2D eigenvalue weighted by Gasteiger charge is 2.16. The first-order valence-corrected chi connectivity index (χ1v) is 8.71. The highest BCUT2D eigenvalue weighted by molar-refractivity contribution is 6.12. The molecular weight excluding hydrogens is 340 g/mol. The Labute approximate surface area is 158 Å². The fraction of sp³-hybridized carbons (Fsp3) is 0.182. The molecule has 0 aliphatic carbocycles. The van der Waals surface area contributed by atoms with Gasteiger partial charge in [-0.2, -0.15) is 0 Å². The molecule has 0 aromatic heterocycles. The summed E-state index contributed by atoms with van der Waals surface area (Å²) in [6, 6.07) is 20.3. The average molecular weight is 362 g/mol. The number of nitrogens with one attached hydrogen (secondary N) is 2. The van der Waals surface area contributed by atoms with Gasteiger partial charge in [0.15, 0.2) is 0 Å². The van der Waals surface area contributed by atoms with Crippen LogP contribution in [0.5, 0.6) is 0 Å². The van der Waals surface area contributed by atoms with Crippen molar-refractivity contribution in [3.63, 3.8) is 0 Å². The first-order chi connectivity index (χ1) is 12.8. The lowest BCUT2D eigenvalue weighted by Crippen LogP contribution is -2.27. The molecule has 0 aliphatic rings. The first-order valence-electron chi connectivity index (χ1n) is 8.71. The average Bonchev–Trinajstić information content (AvgIpc) is 2.61. The smallest absolute Gasteiger partial charge is 0.412 e. The number of benzene rings is 3. The number of ether oxygens (including phenoxy) is 1. The zero-order valence-electron chi connectivity index (χ0n) is 15.6. The third-order valence-electron chi connectivity index (χ3n) is 3.82. The Morgan fingerprint density at radius 2 is 1.37 bits per heavy atom. The fourth-order valence-corrected chi connectivity index (χ4v) is 2.68. The SMILES string of the molecule is CC(C)(C)OC(=O)Nc1ccc(NC(=O)c2cccc3ccccc23)cc1. The molecule has 3 rings (SSSR count). The topological polar surface area (TPSA) is 67.4 Å². The van der Waals surface area contributed by atoms with Gasteiger partial charge in [0.1, 0.15) is 5.60 Å². The maximum atomic E-state index is 12.6. The molecule has 2 N–H and O–H groups in total. The van der Waals surface area contributed by atoms with E-state index in [0.29, 0.717) is 16.9 Å². The predicted octanol–water partition coefficient (Wildman–Crippen LogP) is 5.44. The van der Waals surface area contributed by atoms with E-state index in [1.807, 2.05) is 36.4 Å². The maximum absolute atomic E-state index is 12.6. The Bertz CT molecular complexity index is 968. The molecular formula is C22H22N2O3. The van der Waals surface area contributed by atoms with Crippen LogP contribution in [0.1, 0.15) is 31.1 Å². The predicted molar refractivity (Wildman–Crippen MR) is 108 cm³/mol. The van der Waals surface area contributed by atoms with E-state index >= 15 is 0 Å². The lowest BCUT2D eigenvalue weighted by Gasteiger charge is -2.19. The van der Waals surface area contributed by atoms with Crippen LogP contribution in [0, 0.1) is 0 Å². The van der Waals surface area contributed by atoms with Crippen molar-refractivity contribution >= 4 is 34.1 Å². The van der Waals surface area contributed by atoms with Crippen molar-refractivity contribution < 1.29 is 14.3 Å². The Morgan fingerprint density at radius 1 is 0.778 bits per heavy atom. The molecule has 0 radical (unpaired) electrons. The molecule has 0 unspecified atom stereocenters. The zero-order valence-corrected chi connectivity index (χ0v) is 15.6. The normalized spacial score (nSPS) is 11.1. The Morgan fingerprint density at radius 3 is 2.04 bits per heavy atom. The van der Waals surface area contributed by atoms with Gasteiger partial charge in [0.2, 0.25) is 0 Å². The first kappa shape index (κ1) is 18.5. The maximum Gasteiger partial charge on any atom is 0.412 e. The molecule has 5 nitrogen and oxygen atoms in total. The Balaban J connectivity index is 1.69. The summed E-state index contributed by atoms with van der Waals surface area (Å²) in [5, 5.41) is 7.47. The van der Waals surface area contributed by atoms with Crippen molar-refractivity contribution in [1.29, 1.82) is 0 Å². The molecule has 2 amide bonds. The van der Waals surface area contributed by atoms with Crippen LogP contribution < -0.4 is 10.6 Å². The molecule has 3 aromatic rings. The van der Waals surface area contributed by atoms with Crippen LogP contribution in [0.25, 0.3) is 10.8 Å². The van der Waals surface area contributed by atoms with Crippen LogP contribution in [-0.2, 0) is 4.74 Å². The summed E-state index contributed by atoms with van der Waals surface area (Å²) in [5.41, 5.74) is 1.29. The lowest BCUT2D eigenvalue weighted by atomic mass is 10.0.